The highest BCUT2D eigenvalue weighted by molar-refractivity contribution is 7.89. The molecule has 26 heavy (non-hydrogen) atoms. The van der Waals surface area contributed by atoms with Crippen LogP contribution in [0.2, 0.25) is 0 Å². The molecule has 1 fully saturated rings. The van der Waals surface area contributed by atoms with Crippen LogP contribution in [0.15, 0.2) is 53.7 Å². The molecule has 0 radical (unpaired) electrons. The largest absolute Gasteiger partial charge is 0.417 e. The monoisotopic (exact) mass is 385 g/mol. The van der Waals surface area contributed by atoms with E-state index in [1.165, 1.54) is 12.1 Å². The van der Waals surface area contributed by atoms with E-state index in [1.807, 2.05) is 12.1 Å². The molecule has 0 atom stereocenters. The van der Waals surface area contributed by atoms with Crippen molar-refractivity contribution in [1.29, 1.82) is 0 Å². The second-order valence-electron chi connectivity index (χ2n) is 6.04. The summed E-state index contributed by atoms with van der Waals surface area (Å²) in [5.74, 6) is 0. The van der Waals surface area contributed by atoms with Gasteiger partial charge in [0.15, 0.2) is 0 Å². The molecule has 9 heteroatoms. The van der Waals surface area contributed by atoms with Crippen molar-refractivity contribution < 1.29 is 21.6 Å². The number of nitrogens with zero attached hydrogens (tertiary/aromatic N) is 3. The lowest BCUT2D eigenvalue weighted by atomic mass is 10.2. The van der Waals surface area contributed by atoms with Gasteiger partial charge in [0.25, 0.3) is 0 Å². The van der Waals surface area contributed by atoms with E-state index >= 15 is 0 Å². The number of rotatable bonds is 4. The van der Waals surface area contributed by atoms with E-state index in [1.54, 1.807) is 12.4 Å². The summed E-state index contributed by atoms with van der Waals surface area (Å²) in [7, 11) is -4.20. The predicted molar refractivity (Wildman–Crippen MR) is 89.7 cm³/mol. The minimum absolute atomic E-state index is 0.148. The Morgan fingerprint density at radius 3 is 2.31 bits per heavy atom. The fourth-order valence-corrected chi connectivity index (χ4v) is 4.58. The first-order chi connectivity index (χ1) is 12.3. The highest BCUT2D eigenvalue weighted by Crippen LogP contribution is 2.35. The number of halogens is 3. The molecule has 1 saturated heterocycles. The van der Waals surface area contributed by atoms with Crippen molar-refractivity contribution in [3.63, 3.8) is 0 Å². The minimum atomic E-state index is -4.72. The van der Waals surface area contributed by atoms with E-state index in [4.69, 9.17) is 0 Å². The van der Waals surface area contributed by atoms with Crippen molar-refractivity contribution in [2.75, 3.05) is 26.2 Å². The van der Waals surface area contributed by atoms with Gasteiger partial charge < -0.3 is 0 Å². The zero-order valence-corrected chi connectivity index (χ0v) is 14.7. The van der Waals surface area contributed by atoms with E-state index in [-0.39, 0.29) is 13.1 Å². The molecule has 1 aliphatic rings. The van der Waals surface area contributed by atoms with Crippen molar-refractivity contribution in [2.45, 2.75) is 17.6 Å². The van der Waals surface area contributed by atoms with Crippen LogP contribution in [-0.4, -0.2) is 48.8 Å². The molecule has 5 nitrogen and oxygen atoms in total. The number of pyridine rings is 1. The van der Waals surface area contributed by atoms with Crippen LogP contribution in [0.5, 0.6) is 0 Å². The molecule has 2 heterocycles. The van der Waals surface area contributed by atoms with Crippen molar-refractivity contribution in [3.05, 3.63) is 59.9 Å². The molecular formula is C17H18F3N3O2S. The van der Waals surface area contributed by atoms with Crippen LogP contribution in [-0.2, 0) is 22.7 Å². The van der Waals surface area contributed by atoms with Crippen LogP contribution in [0, 0.1) is 0 Å². The maximum Gasteiger partial charge on any atom is 0.417 e. The zero-order chi connectivity index (χ0) is 18.8. The zero-order valence-electron chi connectivity index (χ0n) is 13.9. The van der Waals surface area contributed by atoms with Gasteiger partial charge in [-0.2, -0.15) is 17.5 Å². The summed E-state index contributed by atoms with van der Waals surface area (Å²) in [4.78, 5) is 5.40. The number of aromatic nitrogens is 1. The summed E-state index contributed by atoms with van der Waals surface area (Å²) in [6.45, 7) is 1.81. The number of alkyl halides is 3. The first-order valence-corrected chi connectivity index (χ1v) is 9.50. The molecule has 0 aliphatic carbocycles. The smallest absolute Gasteiger partial charge is 0.296 e. The summed E-state index contributed by atoms with van der Waals surface area (Å²) in [5, 5.41) is 0. The average Bonchev–Trinajstić information content (AvgIpc) is 2.62. The Morgan fingerprint density at radius 2 is 1.69 bits per heavy atom. The summed E-state index contributed by atoms with van der Waals surface area (Å²) in [6.07, 6.45) is -1.30. The predicted octanol–water partition coefficient (Wildman–Crippen LogP) is 2.61. The summed E-state index contributed by atoms with van der Waals surface area (Å²) < 4.78 is 66.0. The van der Waals surface area contributed by atoms with Gasteiger partial charge in [0, 0.05) is 45.1 Å². The highest BCUT2D eigenvalue weighted by atomic mass is 32.2. The van der Waals surface area contributed by atoms with Crippen molar-refractivity contribution in [3.8, 4) is 0 Å². The molecule has 0 saturated carbocycles. The third-order valence-electron chi connectivity index (χ3n) is 4.27. The Balaban J connectivity index is 1.73. The summed E-state index contributed by atoms with van der Waals surface area (Å²) >= 11 is 0. The Kier molecular flexibility index (Phi) is 5.31. The van der Waals surface area contributed by atoms with E-state index in [0.717, 1.165) is 22.0 Å². The van der Waals surface area contributed by atoms with Gasteiger partial charge in [-0.25, -0.2) is 8.42 Å². The lowest BCUT2D eigenvalue weighted by molar-refractivity contribution is -0.139. The van der Waals surface area contributed by atoms with Crippen molar-refractivity contribution >= 4 is 10.0 Å². The second kappa shape index (κ2) is 7.34. The van der Waals surface area contributed by atoms with Crippen LogP contribution < -0.4 is 0 Å². The lowest BCUT2D eigenvalue weighted by Gasteiger charge is -2.34. The van der Waals surface area contributed by atoms with Crippen molar-refractivity contribution in [1.82, 2.24) is 14.2 Å². The van der Waals surface area contributed by atoms with E-state index < -0.39 is 26.7 Å². The van der Waals surface area contributed by atoms with Crippen LogP contribution in [0.25, 0.3) is 0 Å². The molecule has 0 bridgehead atoms. The van der Waals surface area contributed by atoms with Gasteiger partial charge in [-0.1, -0.05) is 18.2 Å². The van der Waals surface area contributed by atoms with Crippen LogP contribution in [0.1, 0.15) is 11.1 Å². The van der Waals surface area contributed by atoms with Gasteiger partial charge in [-0.15, -0.1) is 0 Å². The molecule has 0 N–H and O–H groups in total. The number of benzene rings is 1. The molecule has 0 spiro atoms. The van der Waals surface area contributed by atoms with Gasteiger partial charge >= 0.3 is 6.18 Å². The SMILES string of the molecule is O=S(=O)(c1ccccc1C(F)(F)F)N1CCN(Cc2cccnc2)CC1. The molecular weight excluding hydrogens is 367 g/mol. The fraction of sp³-hybridized carbons (Fsp3) is 0.353. The molecule has 0 unspecified atom stereocenters. The van der Waals surface area contributed by atoms with Gasteiger partial charge in [-0.3, -0.25) is 9.88 Å². The summed E-state index contributed by atoms with van der Waals surface area (Å²) in [6, 6.07) is 8.06. The standard InChI is InChI=1S/C17H18F3N3O2S/c18-17(19,20)15-5-1-2-6-16(15)26(24,25)23-10-8-22(9-11-23)13-14-4-3-7-21-12-14/h1-7,12H,8-11,13H2. The third kappa shape index (κ3) is 4.05. The Morgan fingerprint density at radius 1 is 1.00 bits per heavy atom. The Hall–Kier alpha value is -1.97. The maximum absolute atomic E-state index is 13.2. The van der Waals surface area contributed by atoms with E-state index in [9.17, 15) is 21.6 Å². The van der Waals surface area contributed by atoms with Gasteiger partial charge in [0.05, 0.1) is 10.5 Å². The van der Waals surface area contributed by atoms with Gasteiger partial charge in [0.1, 0.15) is 0 Å². The van der Waals surface area contributed by atoms with Crippen LogP contribution >= 0.6 is 0 Å². The third-order valence-corrected chi connectivity index (χ3v) is 6.23. The first-order valence-electron chi connectivity index (χ1n) is 8.06. The number of sulfonamides is 1. The fourth-order valence-electron chi connectivity index (χ4n) is 2.94. The second-order valence-corrected chi connectivity index (χ2v) is 7.94. The lowest BCUT2D eigenvalue weighted by Crippen LogP contribution is -2.48. The maximum atomic E-state index is 13.2. The Labute approximate surface area is 150 Å². The molecule has 2 aromatic rings. The number of piperazine rings is 1. The molecule has 140 valence electrons. The highest BCUT2D eigenvalue weighted by Gasteiger charge is 2.39. The summed E-state index contributed by atoms with van der Waals surface area (Å²) in [5.41, 5.74) is -0.121. The molecule has 0 amide bonds. The first kappa shape index (κ1) is 18.8. The quantitative estimate of drug-likeness (QED) is 0.812. The van der Waals surface area contributed by atoms with Crippen LogP contribution in [0.3, 0.4) is 0 Å². The number of hydrogen-bond donors (Lipinski definition) is 0. The van der Waals surface area contributed by atoms with Gasteiger partial charge in [0.2, 0.25) is 10.0 Å². The average molecular weight is 385 g/mol. The van der Waals surface area contributed by atoms with E-state index in [0.29, 0.717) is 19.6 Å². The minimum Gasteiger partial charge on any atom is -0.296 e. The number of hydrogen-bond acceptors (Lipinski definition) is 4. The normalized spacial score (nSPS) is 17.3. The topological polar surface area (TPSA) is 53.5 Å². The Bertz CT molecular complexity index is 849. The molecule has 1 aromatic heterocycles. The van der Waals surface area contributed by atoms with E-state index in [2.05, 4.69) is 9.88 Å². The molecule has 1 aromatic carbocycles. The van der Waals surface area contributed by atoms with Crippen molar-refractivity contribution in [2.24, 2.45) is 0 Å². The van der Waals surface area contributed by atoms with Crippen LogP contribution in [0.4, 0.5) is 13.2 Å². The van der Waals surface area contributed by atoms with Gasteiger partial charge in [-0.05, 0) is 23.8 Å². The molecule has 1 aliphatic heterocycles. The molecule has 3 rings (SSSR count).